The van der Waals surface area contributed by atoms with Crippen molar-refractivity contribution in [2.24, 2.45) is 12.5 Å². The first kappa shape index (κ1) is 15.2. The largest absolute Gasteiger partial charge is 0.469 e. The van der Waals surface area contributed by atoms with Gasteiger partial charge in [0.05, 0.1) is 18.1 Å². The van der Waals surface area contributed by atoms with Crippen molar-refractivity contribution in [3.8, 4) is 0 Å². The number of nitrogens with one attached hydrogen (secondary N) is 1. The van der Waals surface area contributed by atoms with Crippen molar-refractivity contribution >= 4 is 22.8 Å². The fourth-order valence-corrected chi connectivity index (χ4v) is 5.00. The van der Waals surface area contributed by atoms with Crippen LogP contribution in [0.4, 0.5) is 0 Å². The molecule has 1 N–H and O–H groups in total. The molecule has 1 aromatic heterocycles. The van der Waals surface area contributed by atoms with Crippen LogP contribution in [0.25, 0.3) is 10.9 Å². The molecule has 5 heteroatoms. The third-order valence-corrected chi connectivity index (χ3v) is 6.19. The molecule has 4 rings (SSSR count). The van der Waals surface area contributed by atoms with Crippen molar-refractivity contribution in [3.05, 3.63) is 35.5 Å². The summed E-state index contributed by atoms with van der Waals surface area (Å²) in [5, 5.41) is 4.35. The van der Waals surface area contributed by atoms with Gasteiger partial charge in [0.25, 0.3) is 0 Å². The summed E-state index contributed by atoms with van der Waals surface area (Å²) < 4.78 is 7.31. The Balaban J connectivity index is 2.04. The molecule has 1 saturated heterocycles. The van der Waals surface area contributed by atoms with E-state index in [-0.39, 0.29) is 11.9 Å². The molecule has 2 atom stereocenters. The molecular weight excluding hydrogens is 304 g/mol. The van der Waals surface area contributed by atoms with Gasteiger partial charge in [0.1, 0.15) is 0 Å². The Morgan fingerprint density at radius 2 is 1.96 bits per heavy atom. The van der Waals surface area contributed by atoms with Gasteiger partial charge in [0.15, 0.2) is 0 Å². The zero-order chi connectivity index (χ0) is 17.1. The second kappa shape index (κ2) is 4.85. The summed E-state index contributed by atoms with van der Waals surface area (Å²) in [4.78, 5) is 25.0. The van der Waals surface area contributed by atoms with Crippen molar-refractivity contribution in [1.82, 2.24) is 9.88 Å². The van der Waals surface area contributed by atoms with Gasteiger partial charge >= 0.3 is 5.97 Å². The molecule has 2 aliphatic rings. The van der Waals surface area contributed by atoms with Gasteiger partial charge < -0.3 is 14.6 Å². The molecule has 1 aliphatic carbocycles. The first-order valence-corrected chi connectivity index (χ1v) is 8.41. The number of rotatable bonds is 1. The Morgan fingerprint density at radius 3 is 2.71 bits per heavy atom. The number of esters is 1. The smallest absolute Gasteiger partial charge is 0.314 e. The maximum atomic E-state index is 12.8. The molecular formula is C19H22N2O3. The van der Waals surface area contributed by atoms with Crippen LogP contribution < -0.4 is 5.32 Å². The van der Waals surface area contributed by atoms with Crippen LogP contribution in [-0.4, -0.2) is 23.6 Å². The number of benzene rings is 1. The van der Waals surface area contributed by atoms with Crippen molar-refractivity contribution in [3.63, 3.8) is 0 Å². The summed E-state index contributed by atoms with van der Waals surface area (Å²) in [6.45, 7) is 1.98. The average molecular weight is 326 g/mol. The SMILES string of the molecule is COC(=O)[C@]12CCC(=O)N[C@@]1(C)c1c(c3ccccc3n1C)CC2. The molecule has 1 amide bonds. The predicted octanol–water partition coefficient (Wildman–Crippen LogP) is 2.41. The predicted molar refractivity (Wildman–Crippen MR) is 90.4 cm³/mol. The summed E-state index contributed by atoms with van der Waals surface area (Å²) in [5.74, 6) is -0.226. The van der Waals surface area contributed by atoms with E-state index < -0.39 is 11.0 Å². The van der Waals surface area contributed by atoms with Gasteiger partial charge in [0.2, 0.25) is 5.91 Å². The monoisotopic (exact) mass is 326 g/mol. The van der Waals surface area contributed by atoms with E-state index >= 15 is 0 Å². The second-order valence-corrected chi connectivity index (χ2v) is 7.15. The second-order valence-electron chi connectivity index (χ2n) is 7.15. The number of carbonyl (C=O) groups is 2. The van der Waals surface area contributed by atoms with Crippen LogP contribution in [0.2, 0.25) is 0 Å². The minimum atomic E-state index is -0.753. The number of amides is 1. The van der Waals surface area contributed by atoms with Crippen LogP contribution in [0.15, 0.2) is 24.3 Å². The number of hydrogen-bond acceptors (Lipinski definition) is 3. The summed E-state index contributed by atoms with van der Waals surface area (Å²) in [7, 11) is 3.45. The Labute approximate surface area is 141 Å². The summed E-state index contributed by atoms with van der Waals surface area (Å²) >= 11 is 0. The highest BCUT2D eigenvalue weighted by molar-refractivity contribution is 5.91. The molecule has 2 aromatic rings. The number of aryl methyl sites for hydroxylation is 2. The summed E-state index contributed by atoms with van der Waals surface area (Å²) in [6.07, 6.45) is 2.40. The van der Waals surface area contributed by atoms with Crippen molar-refractivity contribution in [1.29, 1.82) is 0 Å². The average Bonchev–Trinajstić information content (AvgIpc) is 2.88. The molecule has 0 unspecified atom stereocenters. The van der Waals surface area contributed by atoms with E-state index in [9.17, 15) is 9.59 Å². The van der Waals surface area contributed by atoms with Gasteiger partial charge in [-0.25, -0.2) is 0 Å². The van der Waals surface area contributed by atoms with Crippen molar-refractivity contribution in [2.75, 3.05) is 7.11 Å². The van der Waals surface area contributed by atoms with E-state index in [2.05, 4.69) is 22.0 Å². The Bertz CT molecular complexity index is 869. The first-order chi connectivity index (χ1) is 11.4. The number of methoxy groups -OCH3 is 1. The van der Waals surface area contributed by atoms with Crippen molar-refractivity contribution in [2.45, 2.75) is 38.1 Å². The molecule has 1 aromatic carbocycles. The maximum Gasteiger partial charge on any atom is 0.314 e. The Kier molecular flexibility index (Phi) is 3.08. The number of nitrogens with zero attached hydrogens (tertiary/aromatic N) is 1. The third-order valence-electron chi connectivity index (χ3n) is 6.19. The van der Waals surface area contributed by atoms with Gasteiger partial charge in [-0.15, -0.1) is 0 Å². The number of hydrogen-bond donors (Lipinski definition) is 1. The van der Waals surface area contributed by atoms with Crippen LogP contribution in [-0.2, 0) is 33.3 Å². The van der Waals surface area contributed by atoms with Crippen LogP contribution in [0.5, 0.6) is 0 Å². The highest BCUT2D eigenvalue weighted by atomic mass is 16.5. The zero-order valence-electron chi connectivity index (χ0n) is 14.3. The molecule has 5 nitrogen and oxygen atoms in total. The van der Waals surface area contributed by atoms with E-state index in [1.54, 1.807) is 0 Å². The van der Waals surface area contributed by atoms with E-state index in [0.29, 0.717) is 19.3 Å². The van der Waals surface area contributed by atoms with Crippen molar-refractivity contribution < 1.29 is 14.3 Å². The fourth-order valence-electron chi connectivity index (χ4n) is 5.00. The lowest BCUT2D eigenvalue weighted by Gasteiger charge is -2.53. The number of piperidine rings is 1. The molecule has 0 spiro atoms. The van der Waals surface area contributed by atoms with Gasteiger partial charge in [-0.1, -0.05) is 18.2 Å². The summed E-state index contributed by atoms with van der Waals surface area (Å²) in [5.41, 5.74) is 1.94. The standard InChI is InChI=1S/C19H22N2O3/c1-18-16-13(12-6-4-5-7-14(12)21(16)2)8-10-19(18,17(23)24-3)11-9-15(22)20-18/h4-7H,8-11H2,1-3H3,(H,20,22)/t18-,19-/m0/s1. The first-order valence-electron chi connectivity index (χ1n) is 8.41. The molecule has 0 bridgehead atoms. The number of para-hydroxylation sites is 1. The molecule has 24 heavy (non-hydrogen) atoms. The summed E-state index contributed by atoms with van der Waals surface area (Å²) in [6, 6.07) is 8.25. The van der Waals surface area contributed by atoms with E-state index in [4.69, 9.17) is 4.74 Å². The number of fused-ring (bicyclic) bond motifs is 5. The van der Waals surface area contributed by atoms with E-state index in [1.165, 1.54) is 18.1 Å². The fraction of sp³-hybridized carbons (Fsp3) is 0.474. The zero-order valence-corrected chi connectivity index (χ0v) is 14.3. The highest BCUT2D eigenvalue weighted by Gasteiger charge is 2.61. The van der Waals surface area contributed by atoms with Crippen LogP contribution in [0, 0.1) is 5.41 Å². The van der Waals surface area contributed by atoms with Gasteiger partial charge in [-0.3, -0.25) is 9.59 Å². The van der Waals surface area contributed by atoms with E-state index in [0.717, 1.165) is 17.6 Å². The molecule has 2 heterocycles. The molecule has 1 fully saturated rings. The molecule has 0 radical (unpaired) electrons. The molecule has 0 saturated carbocycles. The lowest BCUT2D eigenvalue weighted by Crippen LogP contribution is -2.65. The Morgan fingerprint density at radius 1 is 1.25 bits per heavy atom. The number of ether oxygens (including phenoxy) is 1. The van der Waals surface area contributed by atoms with E-state index in [1.807, 2.05) is 26.1 Å². The van der Waals surface area contributed by atoms with Gasteiger partial charge in [-0.2, -0.15) is 0 Å². The van der Waals surface area contributed by atoms with Gasteiger partial charge in [0, 0.05) is 30.1 Å². The van der Waals surface area contributed by atoms with Crippen LogP contribution in [0.1, 0.15) is 37.4 Å². The van der Waals surface area contributed by atoms with Crippen LogP contribution >= 0.6 is 0 Å². The minimum absolute atomic E-state index is 0.00451. The quantitative estimate of drug-likeness (QED) is 0.819. The van der Waals surface area contributed by atoms with Gasteiger partial charge in [-0.05, 0) is 37.8 Å². The minimum Gasteiger partial charge on any atom is -0.469 e. The third kappa shape index (κ3) is 1.65. The van der Waals surface area contributed by atoms with Crippen LogP contribution in [0.3, 0.4) is 0 Å². The lowest BCUT2D eigenvalue weighted by molar-refractivity contribution is -0.166. The topological polar surface area (TPSA) is 60.3 Å². The Hall–Kier alpha value is -2.30. The highest BCUT2D eigenvalue weighted by Crippen LogP contribution is 2.55. The normalized spacial score (nSPS) is 28.9. The maximum absolute atomic E-state index is 12.8. The molecule has 1 aliphatic heterocycles. The molecule has 126 valence electrons. The number of aromatic nitrogens is 1. The lowest BCUT2D eigenvalue weighted by atomic mass is 9.57. The number of carbonyl (C=O) groups excluding carboxylic acids is 2.